The molecule has 1 aliphatic rings. The molecule has 1 aromatic carbocycles. The Kier molecular flexibility index (Phi) is 7.71. The molecular formula is C18H27N3O3. The number of hydroxylamine groups is 1. The van der Waals surface area contributed by atoms with Crippen LogP contribution in [0.15, 0.2) is 24.3 Å². The van der Waals surface area contributed by atoms with E-state index in [1.807, 2.05) is 0 Å². The first-order chi connectivity index (χ1) is 11.7. The minimum atomic E-state index is -0.917. The second-order valence-electron chi connectivity index (χ2n) is 6.18. The first-order valence-corrected chi connectivity index (χ1v) is 8.72. The summed E-state index contributed by atoms with van der Waals surface area (Å²) in [6, 6.07) is 8.80. The number of carbonyl (C=O) groups excluding carboxylic acids is 2. The Morgan fingerprint density at radius 3 is 2.38 bits per heavy atom. The standard InChI is InChI=1S/C18H27N3O3/c22-17(18(23)20-24)6-4-2-1-3-5-15-7-9-16(10-8-15)21-13-11-19-12-14-21/h7-10,19,24H,1-6,11-14H2,(H,20,23). The number of nitrogens with zero attached hydrogens (tertiary/aromatic N) is 1. The van der Waals surface area contributed by atoms with E-state index in [4.69, 9.17) is 5.21 Å². The van der Waals surface area contributed by atoms with Gasteiger partial charge in [0.15, 0.2) is 0 Å². The van der Waals surface area contributed by atoms with E-state index in [1.165, 1.54) is 16.7 Å². The summed E-state index contributed by atoms with van der Waals surface area (Å²) in [6.07, 6.45) is 4.96. The summed E-state index contributed by atoms with van der Waals surface area (Å²) in [5.74, 6) is -1.47. The molecule has 1 fully saturated rings. The Bertz CT molecular complexity index is 525. The number of piperazine rings is 1. The lowest BCUT2D eigenvalue weighted by Gasteiger charge is -2.29. The van der Waals surface area contributed by atoms with E-state index in [0.717, 1.165) is 51.9 Å². The molecule has 1 aromatic rings. The number of Topliss-reactive ketones (excluding diaryl/α,β-unsaturated/α-hetero) is 1. The average Bonchev–Trinajstić information content (AvgIpc) is 2.64. The average molecular weight is 333 g/mol. The highest BCUT2D eigenvalue weighted by Crippen LogP contribution is 2.17. The first-order valence-electron chi connectivity index (χ1n) is 8.72. The van der Waals surface area contributed by atoms with Crippen molar-refractivity contribution in [3.05, 3.63) is 29.8 Å². The summed E-state index contributed by atoms with van der Waals surface area (Å²) in [4.78, 5) is 24.5. The van der Waals surface area contributed by atoms with Crippen molar-refractivity contribution in [1.29, 1.82) is 0 Å². The third-order valence-electron chi connectivity index (χ3n) is 4.39. The predicted molar refractivity (Wildman–Crippen MR) is 93.2 cm³/mol. The SMILES string of the molecule is O=C(CCCCCCc1ccc(N2CCNCC2)cc1)C(=O)NO. The maximum Gasteiger partial charge on any atom is 0.310 e. The summed E-state index contributed by atoms with van der Waals surface area (Å²) in [5, 5.41) is 11.7. The smallest absolute Gasteiger partial charge is 0.310 e. The van der Waals surface area contributed by atoms with Crippen molar-refractivity contribution in [2.45, 2.75) is 38.5 Å². The molecule has 0 aliphatic carbocycles. The summed E-state index contributed by atoms with van der Waals surface area (Å²) in [5.41, 5.74) is 4.00. The molecule has 2 rings (SSSR count). The van der Waals surface area contributed by atoms with Gasteiger partial charge < -0.3 is 10.2 Å². The zero-order valence-electron chi connectivity index (χ0n) is 14.1. The van der Waals surface area contributed by atoms with Gasteiger partial charge in [0.2, 0.25) is 5.78 Å². The second-order valence-corrected chi connectivity index (χ2v) is 6.18. The number of benzene rings is 1. The lowest BCUT2D eigenvalue weighted by atomic mass is 10.0. The van der Waals surface area contributed by atoms with Crippen molar-refractivity contribution in [2.75, 3.05) is 31.1 Å². The topological polar surface area (TPSA) is 81.7 Å². The maximum absolute atomic E-state index is 11.2. The number of hydrogen-bond acceptors (Lipinski definition) is 5. The van der Waals surface area contributed by atoms with Crippen LogP contribution in [0.3, 0.4) is 0 Å². The molecular weight excluding hydrogens is 306 g/mol. The molecule has 6 heteroatoms. The molecule has 1 aliphatic heterocycles. The molecule has 1 saturated heterocycles. The van der Waals surface area contributed by atoms with E-state index < -0.39 is 11.7 Å². The van der Waals surface area contributed by atoms with Crippen LogP contribution in [-0.4, -0.2) is 43.1 Å². The Hall–Kier alpha value is -1.92. The maximum atomic E-state index is 11.2. The number of hydrogen-bond donors (Lipinski definition) is 3. The van der Waals surface area contributed by atoms with Crippen molar-refractivity contribution in [1.82, 2.24) is 10.8 Å². The third kappa shape index (κ3) is 5.94. The van der Waals surface area contributed by atoms with Gasteiger partial charge in [-0.3, -0.25) is 14.8 Å². The number of unbranched alkanes of at least 4 members (excludes halogenated alkanes) is 3. The number of ketones is 1. The fourth-order valence-electron chi connectivity index (χ4n) is 2.94. The van der Waals surface area contributed by atoms with Crippen LogP contribution < -0.4 is 15.7 Å². The van der Waals surface area contributed by atoms with Crippen molar-refractivity contribution in [2.24, 2.45) is 0 Å². The second kappa shape index (κ2) is 10.1. The Balaban J connectivity index is 1.60. The zero-order chi connectivity index (χ0) is 17.2. The number of amides is 1. The Morgan fingerprint density at radius 1 is 1.04 bits per heavy atom. The van der Waals surface area contributed by atoms with Gasteiger partial charge in [-0.1, -0.05) is 25.0 Å². The molecule has 132 valence electrons. The van der Waals surface area contributed by atoms with Crippen molar-refractivity contribution < 1.29 is 14.8 Å². The van der Waals surface area contributed by atoms with E-state index >= 15 is 0 Å². The molecule has 6 nitrogen and oxygen atoms in total. The first kappa shape index (κ1) is 18.4. The Morgan fingerprint density at radius 2 is 1.71 bits per heavy atom. The molecule has 1 amide bonds. The highest BCUT2D eigenvalue weighted by molar-refractivity contribution is 6.35. The van der Waals surface area contributed by atoms with Gasteiger partial charge in [-0.2, -0.15) is 0 Å². The third-order valence-corrected chi connectivity index (χ3v) is 4.39. The minimum Gasteiger partial charge on any atom is -0.369 e. The molecule has 0 aromatic heterocycles. The van der Waals surface area contributed by atoms with Crippen LogP contribution in [0.2, 0.25) is 0 Å². The Labute approximate surface area is 143 Å². The van der Waals surface area contributed by atoms with Crippen LogP contribution >= 0.6 is 0 Å². The molecule has 0 unspecified atom stereocenters. The number of nitrogens with one attached hydrogen (secondary N) is 2. The molecule has 24 heavy (non-hydrogen) atoms. The van der Waals surface area contributed by atoms with Crippen LogP contribution in [0.1, 0.15) is 37.7 Å². The van der Waals surface area contributed by atoms with Gasteiger partial charge in [0.1, 0.15) is 0 Å². The highest BCUT2D eigenvalue weighted by atomic mass is 16.5. The van der Waals surface area contributed by atoms with Gasteiger partial charge >= 0.3 is 5.91 Å². The quantitative estimate of drug-likeness (QED) is 0.277. The van der Waals surface area contributed by atoms with Crippen LogP contribution in [0.5, 0.6) is 0 Å². The van der Waals surface area contributed by atoms with Crippen LogP contribution in [0, 0.1) is 0 Å². The molecule has 0 spiro atoms. The van der Waals surface area contributed by atoms with Gasteiger partial charge in [-0.05, 0) is 37.0 Å². The predicted octanol–water partition coefficient (Wildman–Crippen LogP) is 1.66. The molecule has 0 atom stereocenters. The van der Waals surface area contributed by atoms with Crippen molar-refractivity contribution in [3.8, 4) is 0 Å². The van der Waals surface area contributed by atoms with Crippen molar-refractivity contribution >= 4 is 17.4 Å². The van der Waals surface area contributed by atoms with Gasteiger partial charge in [-0.15, -0.1) is 0 Å². The van der Waals surface area contributed by atoms with E-state index in [-0.39, 0.29) is 6.42 Å². The number of carbonyl (C=O) groups is 2. The summed E-state index contributed by atoms with van der Waals surface area (Å²) in [7, 11) is 0. The van der Waals surface area contributed by atoms with E-state index in [9.17, 15) is 9.59 Å². The summed E-state index contributed by atoms with van der Waals surface area (Å²) < 4.78 is 0. The molecule has 3 N–H and O–H groups in total. The minimum absolute atomic E-state index is 0.200. The van der Waals surface area contributed by atoms with Gasteiger partial charge in [0.05, 0.1) is 0 Å². The molecule has 0 radical (unpaired) electrons. The van der Waals surface area contributed by atoms with E-state index in [0.29, 0.717) is 6.42 Å². The largest absolute Gasteiger partial charge is 0.369 e. The lowest BCUT2D eigenvalue weighted by Crippen LogP contribution is -2.43. The fourth-order valence-corrected chi connectivity index (χ4v) is 2.94. The number of rotatable bonds is 9. The summed E-state index contributed by atoms with van der Waals surface area (Å²) in [6.45, 7) is 4.22. The van der Waals surface area contributed by atoms with Crippen LogP contribution in [0.25, 0.3) is 0 Å². The molecule has 0 bridgehead atoms. The molecule has 0 saturated carbocycles. The highest BCUT2D eigenvalue weighted by Gasteiger charge is 2.11. The number of aryl methyl sites for hydroxylation is 1. The van der Waals surface area contributed by atoms with E-state index in [1.54, 1.807) is 0 Å². The number of anilines is 1. The monoisotopic (exact) mass is 333 g/mol. The normalized spacial score (nSPS) is 14.5. The van der Waals surface area contributed by atoms with Crippen LogP contribution in [0.4, 0.5) is 5.69 Å². The lowest BCUT2D eigenvalue weighted by molar-refractivity contribution is -0.143. The van der Waals surface area contributed by atoms with E-state index in [2.05, 4.69) is 34.5 Å². The van der Waals surface area contributed by atoms with Crippen LogP contribution in [-0.2, 0) is 16.0 Å². The fraction of sp³-hybridized carbons (Fsp3) is 0.556. The van der Waals surface area contributed by atoms with Gasteiger partial charge in [0, 0.05) is 38.3 Å². The zero-order valence-corrected chi connectivity index (χ0v) is 14.1. The summed E-state index contributed by atoms with van der Waals surface area (Å²) >= 11 is 0. The van der Waals surface area contributed by atoms with Gasteiger partial charge in [-0.25, -0.2) is 5.48 Å². The van der Waals surface area contributed by atoms with Gasteiger partial charge in [0.25, 0.3) is 0 Å². The van der Waals surface area contributed by atoms with Crippen molar-refractivity contribution in [3.63, 3.8) is 0 Å². The molecule has 1 heterocycles.